The summed E-state index contributed by atoms with van der Waals surface area (Å²) in [5, 5.41) is 8.81. The molecular weight excluding hydrogens is 119 g/mol. The zero-order valence-electron chi connectivity index (χ0n) is 4.84. The lowest BCUT2D eigenvalue weighted by molar-refractivity contribution is 0.402. The fourth-order valence-electron chi connectivity index (χ4n) is 0.592. The highest BCUT2D eigenvalue weighted by Gasteiger charge is 1.93. The molecule has 0 atom stereocenters. The normalized spacial score (nSPS) is 18.3. The molecule has 0 spiro atoms. The summed E-state index contributed by atoms with van der Waals surface area (Å²) in [6.07, 6.45) is 5.92. The third-order valence-electron chi connectivity index (χ3n) is 1.04. The van der Waals surface area contributed by atoms with E-state index in [1.54, 1.807) is 6.08 Å². The van der Waals surface area contributed by atoms with Crippen molar-refractivity contribution in [1.29, 1.82) is 0 Å². The highest BCUT2D eigenvalue weighted by atomic mass is 19.1. The summed E-state index contributed by atoms with van der Waals surface area (Å²) in [4.78, 5) is 0. The van der Waals surface area contributed by atoms with E-state index in [-0.39, 0.29) is 11.6 Å². The summed E-state index contributed by atoms with van der Waals surface area (Å²) < 4.78 is 12.2. The minimum absolute atomic E-state index is 0.193. The van der Waals surface area contributed by atoms with E-state index in [9.17, 15) is 4.39 Å². The van der Waals surface area contributed by atoms with Crippen LogP contribution in [0.25, 0.3) is 0 Å². The Hall–Kier alpha value is -1.05. The van der Waals surface area contributed by atoms with Gasteiger partial charge in [-0.15, -0.1) is 0 Å². The van der Waals surface area contributed by atoms with Crippen molar-refractivity contribution in [3.05, 3.63) is 35.9 Å². The maximum Gasteiger partial charge on any atom is 0.123 e. The van der Waals surface area contributed by atoms with Crippen molar-refractivity contribution in [2.24, 2.45) is 0 Å². The van der Waals surface area contributed by atoms with E-state index in [0.717, 1.165) is 0 Å². The zero-order valence-corrected chi connectivity index (χ0v) is 4.84. The van der Waals surface area contributed by atoms with Crippen molar-refractivity contribution < 1.29 is 9.50 Å². The molecule has 0 radical (unpaired) electrons. The Morgan fingerprint density at radius 1 is 1.44 bits per heavy atom. The standard InChI is InChI=1S/C7H7FO/c8-6-2-1-3-7(9)5-4-6/h1-2,4-5,9H,3H2. The smallest absolute Gasteiger partial charge is 0.123 e. The molecule has 0 aliphatic heterocycles. The zero-order chi connectivity index (χ0) is 6.69. The second kappa shape index (κ2) is 2.49. The molecule has 0 fully saturated rings. The summed E-state index contributed by atoms with van der Waals surface area (Å²) in [6, 6.07) is 0. The molecular formula is C7H7FO. The van der Waals surface area contributed by atoms with E-state index in [2.05, 4.69) is 0 Å². The topological polar surface area (TPSA) is 20.2 Å². The molecule has 1 aliphatic rings. The summed E-state index contributed by atoms with van der Waals surface area (Å²) in [5.74, 6) is -0.127. The first-order valence-corrected chi connectivity index (χ1v) is 2.71. The van der Waals surface area contributed by atoms with Gasteiger partial charge in [0, 0.05) is 6.42 Å². The van der Waals surface area contributed by atoms with E-state index >= 15 is 0 Å². The average molecular weight is 126 g/mol. The minimum atomic E-state index is -0.320. The molecule has 0 aromatic rings. The van der Waals surface area contributed by atoms with Crippen LogP contribution in [0.4, 0.5) is 4.39 Å². The van der Waals surface area contributed by atoms with E-state index in [1.165, 1.54) is 18.2 Å². The molecule has 48 valence electrons. The quantitative estimate of drug-likeness (QED) is 0.527. The second-order valence-electron chi connectivity index (χ2n) is 1.82. The Kier molecular flexibility index (Phi) is 1.68. The molecule has 1 N–H and O–H groups in total. The highest BCUT2D eigenvalue weighted by molar-refractivity contribution is 5.23. The molecule has 0 aromatic heterocycles. The van der Waals surface area contributed by atoms with Gasteiger partial charge in [-0.25, -0.2) is 4.39 Å². The highest BCUT2D eigenvalue weighted by Crippen LogP contribution is 2.08. The summed E-state index contributed by atoms with van der Waals surface area (Å²) in [7, 11) is 0. The third kappa shape index (κ3) is 1.72. The molecule has 0 heterocycles. The maximum atomic E-state index is 12.2. The van der Waals surface area contributed by atoms with Crippen LogP contribution >= 0.6 is 0 Å². The maximum absolute atomic E-state index is 12.2. The second-order valence-corrected chi connectivity index (χ2v) is 1.82. The third-order valence-corrected chi connectivity index (χ3v) is 1.04. The van der Waals surface area contributed by atoms with Gasteiger partial charge in [0.05, 0.1) is 5.76 Å². The van der Waals surface area contributed by atoms with Crippen LogP contribution in [0.5, 0.6) is 0 Å². The lowest BCUT2D eigenvalue weighted by Gasteiger charge is -1.86. The van der Waals surface area contributed by atoms with Crippen LogP contribution < -0.4 is 0 Å². The van der Waals surface area contributed by atoms with Gasteiger partial charge in [0.15, 0.2) is 0 Å². The van der Waals surface area contributed by atoms with Crippen LogP contribution in [0, 0.1) is 0 Å². The van der Waals surface area contributed by atoms with Crippen molar-refractivity contribution in [3.63, 3.8) is 0 Å². The van der Waals surface area contributed by atoms with Crippen LogP contribution in [-0.4, -0.2) is 5.11 Å². The number of aliphatic hydroxyl groups is 1. The average Bonchev–Trinajstić information content (AvgIpc) is 1.97. The summed E-state index contributed by atoms with van der Waals surface area (Å²) in [5.41, 5.74) is 0. The van der Waals surface area contributed by atoms with Crippen molar-refractivity contribution in [2.45, 2.75) is 6.42 Å². The van der Waals surface area contributed by atoms with Crippen molar-refractivity contribution in [2.75, 3.05) is 0 Å². The number of hydrogen-bond donors (Lipinski definition) is 1. The lowest BCUT2D eigenvalue weighted by Crippen LogP contribution is -1.72. The molecule has 0 saturated heterocycles. The van der Waals surface area contributed by atoms with Gasteiger partial charge in [-0.2, -0.15) is 0 Å². The Labute approximate surface area is 52.8 Å². The first-order chi connectivity index (χ1) is 4.29. The largest absolute Gasteiger partial charge is 0.512 e. The van der Waals surface area contributed by atoms with Gasteiger partial charge in [0.2, 0.25) is 0 Å². The minimum Gasteiger partial charge on any atom is -0.512 e. The fourth-order valence-corrected chi connectivity index (χ4v) is 0.592. The van der Waals surface area contributed by atoms with Gasteiger partial charge in [-0.1, -0.05) is 6.08 Å². The van der Waals surface area contributed by atoms with Crippen LogP contribution in [0.1, 0.15) is 6.42 Å². The number of rotatable bonds is 0. The lowest BCUT2D eigenvalue weighted by atomic mass is 10.3. The Balaban J connectivity index is 2.80. The molecule has 0 bridgehead atoms. The first-order valence-electron chi connectivity index (χ1n) is 2.71. The van der Waals surface area contributed by atoms with E-state index in [0.29, 0.717) is 6.42 Å². The van der Waals surface area contributed by atoms with Gasteiger partial charge < -0.3 is 5.11 Å². The number of aliphatic hydroxyl groups excluding tert-OH is 1. The van der Waals surface area contributed by atoms with Crippen LogP contribution in [0.3, 0.4) is 0 Å². The van der Waals surface area contributed by atoms with Crippen LogP contribution in [0.2, 0.25) is 0 Å². The molecule has 0 aromatic carbocycles. The van der Waals surface area contributed by atoms with E-state index < -0.39 is 0 Å². The molecule has 0 unspecified atom stereocenters. The van der Waals surface area contributed by atoms with Crippen LogP contribution in [-0.2, 0) is 0 Å². The van der Waals surface area contributed by atoms with Crippen molar-refractivity contribution >= 4 is 0 Å². The number of hydrogen-bond acceptors (Lipinski definition) is 1. The predicted molar refractivity (Wildman–Crippen MR) is 33.7 cm³/mol. The molecule has 2 heteroatoms. The monoisotopic (exact) mass is 126 g/mol. The van der Waals surface area contributed by atoms with E-state index in [1.807, 2.05) is 0 Å². The van der Waals surface area contributed by atoms with Crippen molar-refractivity contribution in [1.82, 2.24) is 0 Å². The van der Waals surface area contributed by atoms with Gasteiger partial charge in [-0.3, -0.25) is 0 Å². The molecule has 1 aliphatic carbocycles. The van der Waals surface area contributed by atoms with E-state index in [4.69, 9.17) is 5.11 Å². The first kappa shape index (κ1) is 6.08. The summed E-state index contributed by atoms with van der Waals surface area (Å²) >= 11 is 0. The SMILES string of the molecule is OC1=CC=C(F)C=CC1. The Morgan fingerprint density at radius 2 is 2.22 bits per heavy atom. The Bertz CT molecular complexity index is 189. The molecule has 0 amide bonds. The summed E-state index contributed by atoms with van der Waals surface area (Å²) in [6.45, 7) is 0. The van der Waals surface area contributed by atoms with Crippen molar-refractivity contribution in [3.8, 4) is 0 Å². The number of allylic oxidation sites excluding steroid dienone is 5. The van der Waals surface area contributed by atoms with Crippen LogP contribution in [0.15, 0.2) is 35.9 Å². The van der Waals surface area contributed by atoms with Gasteiger partial charge >= 0.3 is 0 Å². The molecule has 0 saturated carbocycles. The van der Waals surface area contributed by atoms with Gasteiger partial charge in [-0.05, 0) is 18.2 Å². The Morgan fingerprint density at radius 3 is 3.00 bits per heavy atom. The molecule has 9 heavy (non-hydrogen) atoms. The molecule has 1 rings (SSSR count). The predicted octanol–water partition coefficient (Wildman–Crippen LogP) is 2.24. The fraction of sp³-hybridized carbons (Fsp3) is 0.143. The van der Waals surface area contributed by atoms with Gasteiger partial charge in [0.25, 0.3) is 0 Å². The molecule has 1 nitrogen and oxygen atoms in total. The number of halogens is 1. The van der Waals surface area contributed by atoms with Gasteiger partial charge in [0.1, 0.15) is 5.83 Å².